The van der Waals surface area contributed by atoms with Gasteiger partial charge >= 0.3 is 7.82 Å². The molecule has 0 fully saturated rings. The molecule has 0 saturated heterocycles. The second-order valence-electron chi connectivity index (χ2n) is 16.3. The molecule has 0 bridgehead atoms. The molecule has 0 radical (unpaired) electrons. The standard InChI is InChI=1S/C44H90NO8P/c1-3-5-7-9-11-13-15-17-18-19-20-21-22-23-24-25-27-29-31-33-35-37-39-41(47)43(48)45-42(44(49)53-54(50,51)52)40(46)38-36-34-32-30-28-26-16-14-12-10-8-6-4-2/h40-42,44,46-47,49H,3-39H2,1-2H3,(H,45,48)(H2,50,51,52)/t40-,41?,42+,44?/m1/s1. The molecule has 0 aromatic heterocycles. The van der Waals surface area contributed by atoms with Gasteiger partial charge in [-0.3, -0.25) is 9.32 Å². The molecule has 4 atom stereocenters. The van der Waals surface area contributed by atoms with Crippen molar-refractivity contribution >= 4 is 13.7 Å². The molecule has 9 nitrogen and oxygen atoms in total. The highest BCUT2D eigenvalue weighted by molar-refractivity contribution is 7.46. The molecule has 0 heterocycles. The van der Waals surface area contributed by atoms with Crippen LogP contribution in [-0.2, 0) is 13.9 Å². The largest absolute Gasteiger partial charge is 0.471 e. The van der Waals surface area contributed by atoms with E-state index in [4.69, 9.17) is 0 Å². The lowest BCUT2D eigenvalue weighted by molar-refractivity contribution is -0.139. The van der Waals surface area contributed by atoms with E-state index in [1.165, 1.54) is 173 Å². The molecule has 0 aliphatic heterocycles. The van der Waals surface area contributed by atoms with Gasteiger partial charge in [-0.15, -0.1) is 0 Å². The molecule has 324 valence electrons. The Hall–Kier alpha value is -0.540. The Kier molecular flexibility index (Phi) is 38.9. The number of nitrogens with one attached hydrogen (secondary N) is 1. The molecule has 10 heteroatoms. The Labute approximate surface area is 333 Å². The second kappa shape index (κ2) is 39.3. The van der Waals surface area contributed by atoms with E-state index in [0.717, 1.165) is 38.5 Å². The normalized spacial score (nSPS) is 14.3. The van der Waals surface area contributed by atoms with Crippen LogP contribution >= 0.6 is 7.82 Å². The molecular weight excluding hydrogens is 701 g/mol. The lowest BCUT2D eigenvalue weighted by Crippen LogP contribution is -2.54. The van der Waals surface area contributed by atoms with E-state index in [9.17, 15) is 34.5 Å². The number of aliphatic hydroxyl groups is 3. The first-order chi connectivity index (χ1) is 26.1. The van der Waals surface area contributed by atoms with Gasteiger partial charge in [0, 0.05) is 0 Å². The first kappa shape index (κ1) is 53.5. The molecule has 0 saturated carbocycles. The van der Waals surface area contributed by atoms with Crippen LogP contribution in [0.1, 0.15) is 251 Å². The lowest BCUT2D eigenvalue weighted by Gasteiger charge is -2.29. The van der Waals surface area contributed by atoms with Crippen LogP contribution in [0.2, 0.25) is 0 Å². The number of phosphoric acid groups is 1. The van der Waals surface area contributed by atoms with Gasteiger partial charge in [0.15, 0.2) is 6.29 Å². The van der Waals surface area contributed by atoms with Crippen LogP contribution in [0.15, 0.2) is 0 Å². The number of carbonyl (C=O) groups is 1. The van der Waals surface area contributed by atoms with Crippen molar-refractivity contribution in [3.05, 3.63) is 0 Å². The van der Waals surface area contributed by atoms with E-state index in [1.807, 2.05) is 0 Å². The highest BCUT2D eigenvalue weighted by Gasteiger charge is 2.34. The van der Waals surface area contributed by atoms with Crippen molar-refractivity contribution in [3.63, 3.8) is 0 Å². The molecule has 2 unspecified atom stereocenters. The molecule has 0 rings (SSSR count). The van der Waals surface area contributed by atoms with Crippen molar-refractivity contribution in [1.29, 1.82) is 0 Å². The van der Waals surface area contributed by atoms with Gasteiger partial charge in [0.1, 0.15) is 12.1 Å². The van der Waals surface area contributed by atoms with Gasteiger partial charge in [-0.25, -0.2) is 4.57 Å². The molecule has 1 amide bonds. The van der Waals surface area contributed by atoms with E-state index < -0.39 is 38.3 Å². The van der Waals surface area contributed by atoms with E-state index >= 15 is 0 Å². The third-order valence-corrected chi connectivity index (χ3v) is 11.5. The Morgan fingerprint density at radius 1 is 0.463 bits per heavy atom. The van der Waals surface area contributed by atoms with E-state index in [2.05, 4.69) is 23.7 Å². The summed E-state index contributed by atoms with van der Waals surface area (Å²) >= 11 is 0. The minimum absolute atomic E-state index is 0.222. The summed E-state index contributed by atoms with van der Waals surface area (Å²) < 4.78 is 15.8. The molecular formula is C44H90NO8P. The van der Waals surface area contributed by atoms with Crippen LogP contribution in [0.4, 0.5) is 0 Å². The Morgan fingerprint density at radius 2 is 0.722 bits per heavy atom. The summed E-state index contributed by atoms with van der Waals surface area (Å²) in [6.07, 6.45) is 39.3. The van der Waals surface area contributed by atoms with Gasteiger partial charge in [0.2, 0.25) is 5.91 Å². The zero-order valence-corrected chi connectivity index (χ0v) is 36.3. The number of hydrogen-bond donors (Lipinski definition) is 6. The summed E-state index contributed by atoms with van der Waals surface area (Å²) in [5.41, 5.74) is 0. The highest BCUT2D eigenvalue weighted by atomic mass is 31.2. The van der Waals surface area contributed by atoms with Crippen molar-refractivity contribution in [3.8, 4) is 0 Å². The number of amides is 1. The SMILES string of the molecule is CCCCCCCCCCCCCCCCCCCCCCCCC(O)C(=O)N[C@H](C(O)OP(=O)(O)O)[C@H](O)CCCCCCCCCCCCCCC. The summed E-state index contributed by atoms with van der Waals surface area (Å²) in [6.45, 7) is 4.51. The number of carbonyl (C=O) groups excluding carboxylic acids is 1. The molecule has 6 N–H and O–H groups in total. The maximum atomic E-state index is 12.7. The molecule has 0 aliphatic rings. The predicted molar refractivity (Wildman–Crippen MR) is 225 cm³/mol. The summed E-state index contributed by atoms with van der Waals surface area (Å²) in [5.74, 6) is -0.790. The van der Waals surface area contributed by atoms with Crippen molar-refractivity contribution in [2.24, 2.45) is 0 Å². The fourth-order valence-electron chi connectivity index (χ4n) is 7.45. The average molecular weight is 792 g/mol. The quantitative estimate of drug-likeness (QED) is 0.0202. The number of aliphatic hydroxyl groups excluding tert-OH is 3. The van der Waals surface area contributed by atoms with Crippen LogP contribution in [0.5, 0.6) is 0 Å². The summed E-state index contributed by atoms with van der Waals surface area (Å²) in [7, 11) is -5.07. The second-order valence-corrected chi connectivity index (χ2v) is 17.5. The Morgan fingerprint density at radius 3 is 1.00 bits per heavy atom. The zero-order chi connectivity index (χ0) is 40.0. The summed E-state index contributed by atoms with van der Waals surface area (Å²) in [6, 6.07) is -1.47. The number of phosphoric ester groups is 1. The predicted octanol–water partition coefficient (Wildman–Crippen LogP) is 12.1. The first-order valence-corrected chi connectivity index (χ1v) is 24.7. The van der Waals surface area contributed by atoms with Crippen molar-refractivity contribution in [1.82, 2.24) is 5.32 Å². The van der Waals surface area contributed by atoms with Gasteiger partial charge in [-0.2, -0.15) is 0 Å². The first-order valence-electron chi connectivity index (χ1n) is 23.2. The van der Waals surface area contributed by atoms with Gasteiger partial charge in [0.05, 0.1) is 6.10 Å². The summed E-state index contributed by atoms with van der Waals surface area (Å²) in [5, 5.41) is 33.9. The lowest BCUT2D eigenvalue weighted by atomic mass is 10.0. The average Bonchev–Trinajstić information content (AvgIpc) is 3.13. The Balaban J connectivity index is 3.99. The van der Waals surface area contributed by atoms with Crippen molar-refractivity contribution in [2.45, 2.75) is 276 Å². The monoisotopic (exact) mass is 792 g/mol. The number of unbranched alkanes of at least 4 members (excludes halogenated alkanes) is 33. The fourth-order valence-corrected chi connectivity index (χ4v) is 7.87. The van der Waals surface area contributed by atoms with Gasteiger partial charge < -0.3 is 30.4 Å². The van der Waals surface area contributed by atoms with Crippen molar-refractivity contribution in [2.75, 3.05) is 0 Å². The molecule has 54 heavy (non-hydrogen) atoms. The maximum Gasteiger partial charge on any atom is 0.471 e. The molecule has 0 aromatic rings. The van der Waals surface area contributed by atoms with Gasteiger partial charge in [-0.05, 0) is 12.8 Å². The van der Waals surface area contributed by atoms with E-state index in [0.29, 0.717) is 12.8 Å². The Bertz CT molecular complexity index is 843. The minimum Gasteiger partial charge on any atom is -0.391 e. The summed E-state index contributed by atoms with van der Waals surface area (Å²) in [4.78, 5) is 31.1. The zero-order valence-electron chi connectivity index (χ0n) is 35.4. The van der Waals surface area contributed by atoms with Crippen LogP contribution in [0, 0.1) is 0 Å². The van der Waals surface area contributed by atoms with Crippen molar-refractivity contribution < 1.29 is 39.0 Å². The van der Waals surface area contributed by atoms with Gasteiger partial charge in [-0.1, -0.05) is 239 Å². The van der Waals surface area contributed by atoms with E-state index in [-0.39, 0.29) is 12.8 Å². The fraction of sp³-hybridized carbons (Fsp3) is 0.977. The van der Waals surface area contributed by atoms with Gasteiger partial charge in [0.25, 0.3) is 0 Å². The third-order valence-electron chi connectivity index (χ3n) is 11.0. The number of hydrogen-bond acceptors (Lipinski definition) is 6. The van der Waals surface area contributed by atoms with E-state index in [1.54, 1.807) is 0 Å². The number of rotatable bonds is 43. The molecule has 0 spiro atoms. The van der Waals surface area contributed by atoms with Crippen LogP contribution in [-0.4, -0.2) is 55.6 Å². The van der Waals surface area contributed by atoms with Crippen LogP contribution in [0.25, 0.3) is 0 Å². The minimum atomic E-state index is -5.07. The topological polar surface area (TPSA) is 157 Å². The van der Waals surface area contributed by atoms with Crippen LogP contribution in [0.3, 0.4) is 0 Å². The van der Waals surface area contributed by atoms with Crippen LogP contribution < -0.4 is 5.32 Å². The molecule has 0 aromatic carbocycles. The highest BCUT2D eigenvalue weighted by Crippen LogP contribution is 2.38. The smallest absolute Gasteiger partial charge is 0.391 e. The maximum absolute atomic E-state index is 12.7. The molecule has 0 aliphatic carbocycles. The third kappa shape index (κ3) is 37.1.